The number of nitrogens with one attached hydrogen (secondary N) is 1. The largest absolute Gasteiger partial charge is 0.493 e. The molecule has 0 radical (unpaired) electrons. The van der Waals surface area contributed by atoms with Gasteiger partial charge in [0, 0.05) is 30.5 Å². The molecule has 1 unspecified atom stereocenters. The van der Waals surface area contributed by atoms with Gasteiger partial charge in [0.2, 0.25) is 0 Å². The molecule has 0 aromatic heterocycles. The molecule has 1 aliphatic carbocycles. The summed E-state index contributed by atoms with van der Waals surface area (Å²) in [5.74, 6) is 1.76. The third-order valence-corrected chi connectivity index (χ3v) is 7.22. The van der Waals surface area contributed by atoms with Crippen molar-refractivity contribution in [3.63, 3.8) is 0 Å². The summed E-state index contributed by atoms with van der Waals surface area (Å²) in [6.45, 7) is 4.65. The Morgan fingerprint density at radius 1 is 1.09 bits per heavy atom. The van der Waals surface area contributed by atoms with Gasteiger partial charge in [-0.2, -0.15) is 0 Å². The lowest BCUT2D eigenvalue weighted by Crippen LogP contribution is -2.39. The van der Waals surface area contributed by atoms with Gasteiger partial charge in [0.1, 0.15) is 11.9 Å². The highest BCUT2D eigenvalue weighted by Crippen LogP contribution is 2.35. The van der Waals surface area contributed by atoms with Crippen molar-refractivity contribution in [2.24, 2.45) is 5.92 Å². The summed E-state index contributed by atoms with van der Waals surface area (Å²) in [4.78, 5) is 17.3. The first kappa shape index (κ1) is 21.2. The Kier molecular flexibility index (Phi) is 6.24. The van der Waals surface area contributed by atoms with E-state index in [-0.39, 0.29) is 12.1 Å². The molecule has 170 valence electrons. The average Bonchev–Trinajstić information content (AvgIpc) is 3.18. The molecular formula is C27H35N3O2. The van der Waals surface area contributed by atoms with E-state index < -0.39 is 0 Å². The van der Waals surface area contributed by atoms with E-state index in [4.69, 9.17) is 4.74 Å². The van der Waals surface area contributed by atoms with Crippen molar-refractivity contribution in [3.05, 3.63) is 59.5 Å². The van der Waals surface area contributed by atoms with Crippen LogP contribution in [0.5, 0.6) is 5.75 Å². The van der Waals surface area contributed by atoms with Gasteiger partial charge in [-0.15, -0.1) is 0 Å². The van der Waals surface area contributed by atoms with E-state index in [2.05, 4.69) is 47.5 Å². The standard InChI is InChI=1S/C27H35N3O2/c1-20-26(22-11-8-12-24(17-22)32-19-21-9-4-2-5-10-21)30-18-23(13-14-25(30)28-20)27(31)29-15-6-3-7-16-29/h8,11-14,17-18,21,25,28H,2-7,9-10,15-16,19H2,1H3. The second kappa shape index (κ2) is 9.43. The summed E-state index contributed by atoms with van der Waals surface area (Å²) in [6, 6.07) is 8.40. The van der Waals surface area contributed by atoms with Crippen molar-refractivity contribution < 1.29 is 9.53 Å². The van der Waals surface area contributed by atoms with Crippen LogP contribution in [-0.4, -0.2) is 41.6 Å². The Morgan fingerprint density at radius 2 is 1.88 bits per heavy atom. The van der Waals surface area contributed by atoms with Crippen LogP contribution in [0.4, 0.5) is 0 Å². The quantitative estimate of drug-likeness (QED) is 0.707. The smallest absolute Gasteiger partial charge is 0.255 e. The Labute approximate surface area is 191 Å². The van der Waals surface area contributed by atoms with Gasteiger partial charge in [-0.3, -0.25) is 4.79 Å². The topological polar surface area (TPSA) is 44.8 Å². The van der Waals surface area contributed by atoms with Crippen LogP contribution in [0.25, 0.3) is 5.70 Å². The predicted molar refractivity (Wildman–Crippen MR) is 128 cm³/mol. The molecule has 0 bridgehead atoms. The van der Waals surface area contributed by atoms with Gasteiger partial charge in [0.05, 0.1) is 17.9 Å². The number of piperidine rings is 1. The van der Waals surface area contributed by atoms with Gasteiger partial charge in [0.25, 0.3) is 5.91 Å². The van der Waals surface area contributed by atoms with Crippen molar-refractivity contribution in [3.8, 4) is 5.75 Å². The Morgan fingerprint density at radius 3 is 2.69 bits per heavy atom. The highest BCUT2D eigenvalue weighted by Gasteiger charge is 2.32. The van der Waals surface area contributed by atoms with Gasteiger partial charge in [-0.05, 0) is 69.2 Å². The number of fused-ring (bicyclic) bond motifs is 1. The van der Waals surface area contributed by atoms with Crippen molar-refractivity contribution >= 4 is 11.6 Å². The maximum Gasteiger partial charge on any atom is 0.255 e. The molecule has 3 heterocycles. The summed E-state index contributed by atoms with van der Waals surface area (Å²) >= 11 is 0. The molecule has 1 saturated heterocycles. The summed E-state index contributed by atoms with van der Waals surface area (Å²) in [6.07, 6.45) is 16.2. The number of hydrogen-bond donors (Lipinski definition) is 1. The van der Waals surface area contributed by atoms with Gasteiger partial charge in [0.15, 0.2) is 0 Å². The van der Waals surface area contributed by atoms with E-state index in [0.717, 1.165) is 60.8 Å². The maximum atomic E-state index is 13.1. The van der Waals surface area contributed by atoms with E-state index in [1.165, 1.54) is 38.5 Å². The molecule has 1 aromatic carbocycles. The number of benzene rings is 1. The minimum Gasteiger partial charge on any atom is -0.493 e. The molecule has 1 N–H and O–H groups in total. The SMILES string of the molecule is CC1=C(c2cccc(OCC3CCCCC3)c2)N2C=C(C(=O)N3CCCCC3)C=CC2N1. The van der Waals surface area contributed by atoms with Crippen LogP contribution in [0.3, 0.4) is 0 Å². The Hall–Kier alpha value is -2.69. The monoisotopic (exact) mass is 433 g/mol. The third kappa shape index (κ3) is 4.43. The second-order valence-electron chi connectivity index (χ2n) is 9.61. The van der Waals surface area contributed by atoms with Gasteiger partial charge >= 0.3 is 0 Å². The number of nitrogens with zero attached hydrogens (tertiary/aromatic N) is 2. The predicted octanol–water partition coefficient (Wildman–Crippen LogP) is 5.03. The van der Waals surface area contributed by atoms with Crippen molar-refractivity contribution in [1.82, 2.24) is 15.1 Å². The minimum atomic E-state index is 0.0507. The number of ether oxygens (including phenoxy) is 1. The summed E-state index contributed by atoms with van der Waals surface area (Å²) in [5.41, 5.74) is 4.12. The minimum absolute atomic E-state index is 0.0507. The van der Waals surface area contributed by atoms with Crippen LogP contribution in [-0.2, 0) is 4.79 Å². The lowest BCUT2D eigenvalue weighted by molar-refractivity contribution is -0.127. The Balaban J connectivity index is 1.33. The van der Waals surface area contributed by atoms with Gasteiger partial charge in [-0.1, -0.05) is 31.4 Å². The molecule has 5 rings (SSSR count). The van der Waals surface area contributed by atoms with E-state index >= 15 is 0 Å². The fraction of sp³-hybridized carbons (Fsp3) is 0.519. The number of allylic oxidation sites excluding steroid dienone is 1. The van der Waals surface area contributed by atoms with Crippen LogP contribution >= 0.6 is 0 Å². The molecule has 2 fully saturated rings. The van der Waals surface area contributed by atoms with Crippen LogP contribution in [0.15, 0.2) is 53.9 Å². The van der Waals surface area contributed by atoms with Crippen molar-refractivity contribution in [1.29, 1.82) is 0 Å². The van der Waals surface area contributed by atoms with Crippen LogP contribution in [0, 0.1) is 5.92 Å². The lowest BCUT2D eigenvalue weighted by Gasteiger charge is -2.31. The average molecular weight is 434 g/mol. The summed E-state index contributed by atoms with van der Waals surface area (Å²) in [5, 5.41) is 3.55. The van der Waals surface area contributed by atoms with Gasteiger partial charge < -0.3 is 19.9 Å². The molecule has 5 nitrogen and oxygen atoms in total. The molecule has 1 aromatic rings. The zero-order chi connectivity index (χ0) is 21.9. The summed E-state index contributed by atoms with van der Waals surface area (Å²) in [7, 11) is 0. The van der Waals surface area contributed by atoms with Gasteiger partial charge in [-0.25, -0.2) is 0 Å². The van der Waals surface area contributed by atoms with E-state index in [1.54, 1.807) is 0 Å². The fourth-order valence-corrected chi connectivity index (χ4v) is 5.44. The fourth-order valence-electron chi connectivity index (χ4n) is 5.44. The first-order valence-electron chi connectivity index (χ1n) is 12.4. The number of carbonyl (C=O) groups is 1. The zero-order valence-corrected chi connectivity index (χ0v) is 19.2. The molecule has 32 heavy (non-hydrogen) atoms. The highest BCUT2D eigenvalue weighted by molar-refractivity contribution is 5.97. The number of amides is 1. The number of likely N-dealkylation sites (tertiary alicyclic amines) is 1. The molecule has 1 atom stereocenters. The first-order chi connectivity index (χ1) is 15.7. The van der Waals surface area contributed by atoms with E-state index in [1.807, 2.05) is 17.2 Å². The molecule has 3 aliphatic heterocycles. The Bertz CT molecular complexity index is 936. The second-order valence-corrected chi connectivity index (χ2v) is 9.61. The van der Waals surface area contributed by atoms with E-state index in [0.29, 0.717) is 5.92 Å². The number of hydrogen-bond acceptors (Lipinski definition) is 4. The lowest BCUT2D eigenvalue weighted by atomic mass is 9.90. The van der Waals surface area contributed by atoms with E-state index in [9.17, 15) is 4.79 Å². The summed E-state index contributed by atoms with van der Waals surface area (Å²) < 4.78 is 6.20. The molecule has 5 heteroatoms. The maximum absolute atomic E-state index is 13.1. The molecule has 0 spiro atoms. The molecular weight excluding hydrogens is 398 g/mol. The number of rotatable bonds is 5. The normalized spacial score (nSPS) is 23.7. The first-order valence-corrected chi connectivity index (χ1v) is 12.4. The zero-order valence-electron chi connectivity index (χ0n) is 19.2. The molecule has 1 amide bonds. The van der Waals surface area contributed by atoms with Crippen LogP contribution in [0.2, 0.25) is 0 Å². The molecule has 1 saturated carbocycles. The number of carbonyl (C=O) groups excluding carboxylic acids is 1. The van der Waals surface area contributed by atoms with Crippen molar-refractivity contribution in [2.45, 2.75) is 64.5 Å². The van der Waals surface area contributed by atoms with Crippen LogP contribution < -0.4 is 10.1 Å². The van der Waals surface area contributed by atoms with Crippen molar-refractivity contribution in [2.75, 3.05) is 19.7 Å². The molecule has 4 aliphatic rings. The highest BCUT2D eigenvalue weighted by atomic mass is 16.5. The third-order valence-electron chi connectivity index (χ3n) is 7.22. The van der Waals surface area contributed by atoms with Crippen LogP contribution in [0.1, 0.15) is 63.9 Å².